The van der Waals surface area contributed by atoms with Crippen molar-refractivity contribution >= 4 is 34.4 Å². The number of nitrogens with zero attached hydrogens (tertiary/aromatic N) is 2. The first kappa shape index (κ1) is 19.2. The number of rotatable bonds is 5. The molecule has 0 aliphatic carbocycles. The Balaban J connectivity index is 1.55. The molecule has 30 heavy (non-hydrogen) atoms. The van der Waals surface area contributed by atoms with E-state index in [0.29, 0.717) is 22.3 Å². The second kappa shape index (κ2) is 8.08. The summed E-state index contributed by atoms with van der Waals surface area (Å²) in [6.45, 7) is 1.79. The molecule has 4 aromatic rings. The average Bonchev–Trinajstić information content (AvgIpc) is 3.16. The molecule has 0 aliphatic rings. The summed E-state index contributed by atoms with van der Waals surface area (Å²) in [4.78, 5) is 40.1. The van der Waals surface area contributed by atoms with Crippen molar-refractivity contribution in [3.63, 3.8) is 0 Å². The average molecular weight is 407 g/mol. The number of hydrogen-bond donors (Lipinski definition) is 1. The van der Waals surface area contributed by atoms with Crippen molar-refractivity contribution in [1.29, 1.82) is 0 Å². The van der Waals surface area contributed by atoms with E-state index in [1.54, 1.807) is 41.9 Å². The number of esters is 1. The lowest BCUT2D eigenvalue weighted by molar-refractivity contribution is 0.0467. The molecule has 1 amide bonds. The molecule has 4 rings (SSSR count). The highest BCUT2D eigenvalue weighted by Gasteiger charge is 2.14. The first-order chi connectivity index (χ1) is 14.5. The van der Waals surface area contributed by atoms with Gasteiger partial charge < -0.3 is 18.3 Å². The van der Waals surface area contributed by atoms with Gasteiger partial charge in [-0.15, -0.1) is 0 Å². The smallest absolute Gasteiger partial charge is 0.411 e. The van der Waals surface area contributed by atoms with Crippen molar-refractivity contribution in [1.82, 2.24) is 9.38 Å². The molecule has 152 valence electrons. The molecule has 0 saturated heterocycles. The number of hydrogen-bond acceptors (Lipinski definition) is 7. The number of aromatic nitrogens is 2. The lowest BCUT2D eigenvalue weighted by Gasteiger charge is -2.09. The summed E-state index contributed by atoms with van der Waals surface area (Å²) in [6, 6.07) is 11.5. The van der Waals surface area contributed by atoms with Gasteiger partial charge in [0.2, 0.25) is 0 Å². The van der Waals surface area contributed by atoms with Crippen LogP contribution in [0.4, 0.5) is 10.5 Å². The molecule has 0 aliphatic heterocycles. The highest BCUT2D eigenvalue weighted by molar-refractivity contribution is 5.90. The molecule has 0 unspecified atom stereocenters. The van der Waals surface area contributed by atoms with Gasteiger partial charge in [-0.1, -0.05) is 6.07 Å². The summed E-state index contributed by atoms with van der Waals surface area (Å²) in [7, 11) is 0. The number of anilines is 1. The number of fused-ring (bicyclic) bond motifs is 2. The molecule has 0 fully saturated rings. The van der Waals surface area contributed by atoms with Gasteiger partial charge in [-0.3, -0.25) is 5.32 Å². The van der Waals surface area contributed by atoms with Crippen LogP contribution in [0.2, 0.25) is 0 Å². The number of nitrogens with one attached hydrogen (secondary N) is 1. The summed E-state index contributed by atoms with van der Waals surface area (Å²) >= 11 is 0. The van der Waals surface area contributed by atoms with Crippen molar-refractivity contribution in [3.8, 4) is 0 Å². The minimum absolute atomic E-state index is 0.139. The lowest BCUT2D eigenvalue weighted by Crippen LogP contribution is -2.13. The van der Waals surface area contributed by atoms with Crippen molar-refractivity contribution < 1.29 is 23.5 Å². The third kappa shape index (κ3) is 4.00. The van der Waals surface area contributed by atoms with Gasteiger partial charge in [0.25, 0.3) is 0 Å². The SMILES string of the molecule is CCOC(=O)Nc1ccc2c(COC(=O)c3cn4ccccc4n3)cc(=O)oc2c1. The first-order valence-corrected chi connectivity index (χ1v) is 9.15. The Morgan fingerprint density at radius 2 is 2.03 bits per heavy atom. The monoisotopic (exact) mass is 407 g/mol. The van der Waals surface area contributed by atoms with Gasteiger partial charge in [0.1, 0.15) is 17.8 Å². The van der Waals surface area contributed by atoms with Crippen LogP contribution in [-0.4, -0.2) is 28.1 Å². The van der Waals surface area contributed by atoms with E-state index in [1.807, 2.05) is 12.1 Å². The van der Waals surface area contributed by atoms with E-state index in [1.165, 1.54) is 12.1 Å². The Labute approximate surface area is 169 Å². The van der Waals surface area contributed by atoms with Gasteiger partial charge in [0, 0.05) is 41.2 Å². The number of benzene rings is 1. The van der Waals surface area contributed by atoms with Crippen molar-refractivity contribution in [2.24, 2.45) is 0 Å². The number of carbonyl (C=O) groups excluding carboxylic acids is 2. The van der Waals surface area contributed by atoms with Crippen LogP contribution in [0.5, 0.6) is 0 Å². The number of imidazole rings is 1. The number of carbonyl (C=O) groups is 2. The predicted octanol–water partition coefficient (Wildman–Crippen LogP) is 3.37. The van der Waals surface area contributed by atoms with Crippen LogP contribution in [-0.2, 0) is 16.1 Å². The normalized spacial score (nSPS) is 10.8. The van der Waals surface area contributed by atoms with Crippen molar-refractivity contribution in [2.45, 2.75) is 13.5 Å². The Hall–Kier alpha value is -4.14. The fraction of sp³-hybridized carbons (Fsp3) is 0.143. The van der Waals surface area contributed by atoms with E-state index in [2.05, 4.69) is 10.3 Å². The molecular formula is C21H17N3O6. The Kier molecular flexibility index (Phi) is 5.17. The van der Waals surface area contributed by atoms with Crippen molar-refractivity contribution in [2.75, 3.05) is 11.9 Å². The summed E-state index contributed by atoms with van der Waals surface area (Å²) in [5.74, 6) is -0.610. The second-order valence-electron chi connectivity index (χ2n) is 6.32. The number of pyridine rings is 1. The van der Waals surface area contributed by atoms with Crippen LogP contribution < -0.4 is 10.9 Å². The largest absolute Gasteiger partial charge is 0.456 e. The molecule has 3 heterocycles. The molecule has 9 nitrogen and oxygen atoms in total. The molecule has 1 N–H and O–H groups in total. The van der Waals surface area contributed by atoms with E-state index in [9.17, 15) is 14.4 Å². The number of amides is 1. The lowest BCUT2D eigenvalue weighted by atomic mass is 10.1. The van der Waals surface area contributed by atoms with Crippen LogP contribution in [0.3, 0.4) is 0 Å². The molecule has 9 heteroatoms. The Morgan fingerprint density at radius 3 is 2.83 bits per heavy atom. The van der Waals surface area contributed by atoms with E-state index < -0.39 is 17.7 Å². The van der Waals surface area contributed by atoms with E-state index in [0.717, 1.165) is 0 Å². The van der Waals surface area contributed by atoms with Crippen LogP contribution >= 0.6 is 0 Å². The molecule has 1 aromatic carbocycles. The maximum absolute atomic E-state index is 12.4. The third-order valence-electron chi connectivity index (χ3n) is 4.28. The van der Waals surface area contributed by atoms with Gasteiger partial charge in [0.05, 0.1) is 6.61 Å². The van der Waals surface area contributed by atoms with E-state index in [4.69, 9.17) is 13.9 Å². The van der Waals surface area contributed by atoms with Gasteiger partial charge in [-0.25, -0.2) is 19.4 Å². The number of ether oxygens (including phenoxy) is 2. The Morgan fingerprint density at radius 1 is 1.17 bits per heavy atom. The van der Waals surface area contributed by atoms with Crippen LogP contribution in [0.1, 0.15) is 23.0 Å². The van der Waals surface area contributed by atoms with Gasteiger partial charge >= 0.3 is 17.7 Å². The first-order valence-electron chi connectivity index (χ1n) is 9.15. The third-order valence-corrected chi connectivity index (χ3v) is 4.28. The standard InChI is InChI=1S/C21H17N3O6/c1-2-28-21(27)22-14-6-7-15-13(9-19(25)30-17(15)10-14)12-29-20(26)16-11-24-8-4-3-5-18(24)23-16/h3-11H,2,12H2,1H3,(H,22,27). The minimum atomic E-state index is -0.614. The van der Waals surface area contributed by atoms with Crippen LogP contribution in [0.25, 0.3) is 16.6 Å². The fourth-order valence-corrected chi connectivity index (χ4v) is 2.96. The molecule has 0 atom stereocenters. The van der Waals surface area contributed by atoms with E-state index >= 15 is 0 Å². The topological polar surface area (TPSA) is 112 Å². The van der Waals surface area contributed by atoms with Gasteiger partial charge in [-0.2, -0.15) is 0 Å². The summed E-state index contributed by atoms with van der Waals surface area (Å²) < 4.78 is 17.1. The molecule has 3 aromatic heterocycles. The zero-order chi connectivity index (χ0) is 21.1. The van der Waals surface area contributed by atoms with Crippen LogP contribution in [0, 0.1) is 0 Å². The fourth-order valence-electron chi connectivity index (χ4n) is 2.96. The van der Waals surface area contributed by atoms with Crippen LogP contribution in [0.15, 0.2) is 64.1 Å². The zero-order valence-corrected chi connectivity index (χ0v) is 16.0. The Bertz CT molecular complexity index is 1270. The summed E-state index contributed by atoms with van der Waals surface area (Å²) in [6.07, 6.45) is 2.73. The summed E-state index contributed by atoms with van der Waals surface area (Å²) in [5.41, 5.74) is 1.31. The molecular weight excluding hydrogens is 390 g/mol. The van der Waals surface area contributed by atoms with Gasteiger partial charge in [-0.05, 0) is 31.2 Å². The molecule has 0 spiro atoms. The maximum atomic E-state index is 12.4. The minimum Gasteiger partial charge on any atom is -0.456 e. The van der Waals surface area contributed by atoms with E-state index in [-0.39, 0.29) is 24.5 Å². The van der Waals surface area contributed by atoms with Gasteiger partial charge in [0.15, 0.2) is 5.69 Å². The second-order valence-corrected chi connectivity index (χ2v) is 6.32. The quantitative estimate of drug-likeness (QED) is 0.399. The molecule has 0 radical (unpaired) electrons. The zero-order valence-electron chi connectivity index (χ0n) is 16.0. The predicted molar refractivity (Wildman–Crippen MR) is 107 cm³/mol. The molecule has 0 saturated carbocycles. The molecule has 0 bridgehead atoms. The highest BCUT2D eigenvalue weighted by atomic mass is 16.5. The van der Waals surface area contributed by atoms with Crippen molar-refractivity contribution in [3.05, 3.63) is 76.5 Å². The highest BCUT2D eigenvalue weighted by Crippen LogP contribution is 2.22. The maximum Gasteiger partial charge on any atom is 0.411 e. The summed E-state index contributed by atoms with van der Waals surface area (Å²) in [5, 5.41) is 3.11.